The largest absolute Gasteiger partial charge is 0.475 e. The van der Waals surface area contributed by atoms with E-state index in [-0.39, 0.29) is 28.6 Å². The molecule has 0 aromatic carbocycles. The lowest BCUT2D eigenvalue weighted by atomic mass is 10.1. The molecular formula is C25H30N6O4S. The van der Waals surface area contributed by atoms with E-state index < -0.39 is 15.9 Å². The van der Waals surface area contributed by atoms with Crippen LogP contribution in [0.5, 0.6) is 5.88 Å². The first-order chi connectivity index (χ1) is 17.1. The molecule has 4 rings (SSSR count). The highest BCUT2D eigenvalue weighted by Crippen LogP contribution is 2.30. The second kappa shape index (κ2) is 10.5. The van der Waals surface area contributed by atoms with Gasteiger partial charge in [0.05, 0.1) is 17.4 Å². The Hall–Kier alpha value is -3.73. The zero-order valence-electron chi connectivity index (χ0n) is 20.4. The molecule has 10 nitrogen and oxygen atoms in total. The molecule has 1 aliphatic carbocycles. The van der Waals surface area contributed by atoms with Crippen molar-refractivity contribution in [3.63, 3.8) is 0 Å². The van der Waals surface area contributed by atoms with E-state index in [2.05, 4.69) is 31.9 Å². The minimum absolute atomic E-state index is 0.00248. The number of pyridine rings is 3. The number of amides is 1. The molecule has 190 valence electrons. The first-order valence-electron chi connectivity index (χ1n) is 11.8. The van der Waals surface area contributed by atoms with Crippen LogP contribution in [-0.2, 0) is 10.0 Å². The Kier molecular flexibility index (Phi) is 7.39. The number of nitrogen functional groups attached to an aromatic ring is 1. The molecule has 11 heteroatoms. The van der Waals surface area contributed by atoms with Gasteiger partial charge in [0.1, 0.15) is 11.6 Å². The Morgan fingerprint density at radius 3 is 2.56 bits per heavy atom. The van der Waals surface area contributed by atoms with Crippen molar-refractivity contribution in [1.29, 1.82) is 0 Å². The number of sulfonamides is 1. The number of carbonyl (C=O) groups excluding carboxylic acids is 1. The summed E-state index contributed by atoms with van der Waals surface area (Å²) < 4.78 is 33.2. The van der Waals surface area contributed by atoms with Crippen LogP contribution in [-0.4, -0.2) is 41.4 Å². The smallest absolute Gasteiger partial charge is 0.281 e. The number of aromatic nitrogens is 3. The number of nitrogens with one attached hydrogen (secondary N) is 2. The van der Waals surface area contributed by atoms with Crippen LogP contribution < -0.4 is 20.5 Å². The maximum Gasteiger partial charge on any atom is 0.281 e. The molecule has 36 heavy (non-hydrogen) atoms. The van der Waals surface area contributed by atoms with Gasteiger partial charge in [-0.05, 0) is 69.4 Å². The van der Waals surface area contributed by atoms with E-state index in [0.29, 0.717) is 23.3 Å². The molecule has 0 aliphatic heterocycles. The molecule has 0 radical (unpaired) electrons. The monoisotopic (exact) mass is 510 g/mol. The molecule has 1 aliphatic rings. The van der Waals surface area contributed by atoms with Gasteiger partial charge in [-0.3, -0.25) is 4.79 Å². The molecule has 0 unspecified atom stereocenters. The van der Waals surface area contributed by atoms with Crippen molar-refractivity contribution in [2.45, 2.75) is 57.2 Å². The lowest BCUT2D eigenvalue weighted by molar-refractivity contribution is 0.0981. The Morgan fingerprint density at radius 2 is 1.92 bits per heavy atom. The Balaban J connectivity index is 1.64. The van der Waals surface area contributed by atoms with Crippen molar-refractivity contribution in [3.8, 4) is 17.1 Å². The van der Waals surface area contributed by atoms with Crippen LogP contribution in [0.15, 0.2) is 53.7 Å². The van der Waals surface area contributed by atoms with Crippen LogP contribution in [0.3, 0.4) is 0 Å². The normalized spacial score (nSPS) is 17.7. The maximum atomic E-state index is 13.1. The Morgan fingerprint density at radius 1 is 1.11 bits per heavy atom. The van der Waals surface area contributed by atoms with Crippen LogP contribution in [0, 0.1) is 5.92 Å². The van der Waals surface area contributed by atoms with E-state index in [1.807, 2.05) is 19.9 Å². The maximum absolute atomic E-state index is 13.1. The third-order valence-electron chi connectivity index (χ3n) is 5.81. The van der Waals surface area contributed by atoms with Gasteiger partial charge in [-0.15, -0.1) is 0 Å². The Labute approximate surface area is 210 Å². The fraction of sp³-hybridized carbons (Fsp3) is 0.360. The van der Waals surface area contributed by atoms with Crippen molar-refractivity contribution < 1.29 is 17.9 Å². The number of hydrogen-bond donors (Lipinski definition) is 3. The van der Waals surface area contributed by atoms with Gasteiger partial charge >= 0.3 is 0 Å². The van der Waals surface area contributed by atoms with Crippen molar-refractivity contribution >= 4 is 27.6 Å². The molecular weight excluding hydrogens is 480 g/mol. The number of nitrogens with two attached hydrogens (primary N) is 1. The third-order valence-corrected chi connectivity index (χ3v) is 7.04. The minimum Gasteiger partial charge on any atom is -0.475 e. The highest BCUT2D eigenvalue weighted by Gasteiger charge is 2.26. The van der Waals surface area contributed by atoms with E-state index in [1.54, 1.807) is 24.4 Å². The van der Waals surface area contributed by atoms with Crippen molar-refractivity contribution in [1.82, 2.24) is 19.7 Å². The minimum atomic E-state index is -4.23. The van der Waals surface area contributed by atoms with Gasteiger partial charge in [-0.25, -0.2) is 19.7 Å². The number of rotatable bonds is 8. The molecule has 3 aromatic rings. The standard InChI is InChI=1S/C25H30N6O4S/c1-15(2)35-22-12-8-17(14-27-22)20-11-10-19(24(29-20)28-18-9-7-16(3)13-18)25(32)31-36(33,34)23-6-4-5-21(26)30-23/h4-6,8,10-12,14-16,18H,7,9,13H2,1-3H3,(H2,26,30)(H,28,29)(H,31,32)/t16-,18+/m1/s1. The SMILES string of the molecule is CC(C)Oc1ccc(-c2ccc(C(=O)NS(=O)(=O)c3cccc(N)n3)c(N[C@H]3CC[C@@H](C)C3)n2)cn1. The molecule has 0 bridgehead atoms. The van der Waals surface area contributed by atoms with Gasteiger partial charge in [-0.2, -0.15) is 8.42 Å². The van der Waals surface area contributed by atoms with Crippen LogP contribution in [0.2, 0.25) is 0 Å². The van der Waals surface area contributed by atoms with Crippen LogP contribution >= 0.6 is 0 Å². The highest BCUT2D eigenvalue weighted by atomic mass is 32.2. The number of nitrogens with zero attached hydrogens (tertiary/aromatic N) is 3. The predicted octanol–water partition coefficient (Wildman–Crippen LogP) is 3.63. The summed E-state index contributed by atoms with van der Waals surface area (Å²) in [4.78, 5) is 25.9. The van der Waals surface area contributed by atoms with Gasteiger partial charge in [0.15, 0.2) is 5.03 Å². The van der Waals surface area contributed by atoms with Crippen molar-refractivity contribution in [2.75, 3.05) is 11.1 Å². The first kappa shape index (κ1) is 25.4. The zero-order valence-corrected chi connectivity index (χ0v) is 21.2. The van der Waals surface area contributed by atoms with Crippen LogP contribution in [0.4, 0.5) is 11.6 Å². The number of ether oxygens (including phenoxy) is 1. The molecule has 4 N–H and O–H groups in total. The quantitative estimate of drug-likeness (QED) is 0.413. The molecule has 0 spiro atoms. The molecule has 2 atom stereocenters. The summed E-state index contributed by atoms with van der Waals surface area (Å²) in [6, 6.07) is 11.1. The summed E-state index contributed by atoms with van der Waals surface area (Å²) in [5.41, 5.74) is 7.04. The fourth-order valence-corrected chi connectivity index (χ4v) is 5.04. The van der Waals surface area contributed by atoms with E-state index in [1.165, 1.54) is 18.2 Å². The number of anilines is 2. The summed E-state index contributed by atoms with van der Waals surface area (Å²) >= 11 is 0. The first-order valence-corrected chi connectivity index (χ1v) is 13.3. The molecule has 1 amide bonds. The summed E-state index contributed by atoms with van der Waals surface area (Å²) in [5.74, 6) is 0.583. The number of hydrogen-bond acceptors (Lipinski definition) is 9. The van der Waals surface area contributed by atoms with E-state index in [4.69, 9.17) is 10.5 Å². The number of carbonyl (C=O) groups is 1. The van der Waals surface area contributed by atoms with E-state index >= 15 is 0 Å². The summed E-state index contributed by atoms with van der Waals surface area (Å²) in [6.45, 7) is 6.02. The average molecular weight is 511 g/mol. The molecule has 1 saturated carbocycles. The molecule has 0 saturated heterocycles. The highest BCUT2D eigenvalue weighted by molar-refractivity contribution is 7.90. The summed E-state index contributed by atoms with van der Waals surface area (Å²) in [7, 11) is -4.23. The van der Waals surface area contributed by atoms with Gasteiger partial charge in [0.2, 0.25) is 5.88 Å². The summed E-state index contributed by atoms with van der Waals surface area (Å²) in [6.07, 6.45) is 4.58. The Bertz CT molecular complexity index is 1340. The second-order valence-corrected chi connectivity index (χ2v) is 10.9. The van der Waals surface area contributed by atoms with Gasteiger partial charge in [-0.1, -0.05) is 13.0 Å². The summed E-state index contributed by atoms with van der Waals surface area (Å²) in [5, 5.41) is 3.02. The van der Waals surface area contributed by atoms with Crippen molar-refractivity contribution in [2.24, 2.45) is 5.92 Å². The molecule has 1 fully saturated rings. The van der Waals surface area contributed by atoms with E-state index in [9.17, 15) is 13.2 Å². The third kappa shape index (κ3) is 6.09. The van der Waals surface area contributed by atoms with Crippen LogP contribution in [0.25, 0.3) is 11.3 Å². The predicted molar refractivity (Wildman–Crippen MR) is 137 cm³/mol. The lowest BCUT2D eigenvalue weighted by Gasteiger charge is -2.17. The van der Waals surface area contributed by atoms with Gasteiger partial charge in [0.25, 0.3) is 15.9 Å². The zero-order chi connectivity index (χ0) is 25.9. The molecule has 3 heterocycles. The van der Waals surface area contributed by atoms with Crippen LogP contribution in [0.1, 0.15) is 50.4 Å². The van der Waals surface area contributed by atoms with Gasteiger partial charge < -0.3 is 15.8 Å². The fourth-order valence-electron chi connectivity index (χ4n) is 4.10. The lowest BCUT2D eigenvalue weighted by Crippen LogP contribution is -2.32. The van der Waals surface area contributed by atoms with Crippen molar-refractivity contribution in [3.05, 3.63) is 54.2 Å². The molecule has 3 aromatic heterocycles. The van der Waals surface area contributed by atoms with Gasteiger partial charge in [0, 0.05) is 23.9 Å². The topological polar surface area (TPSA) is 149 Å². The second-order valence-electron chi connectivity index (χ2n) is 9.24. The average Bonchev–Trinajstić information content (AvgIpc) is 3.23. The van der Waals surface area contributed by atoms with E-state index in [0.717, 1.165) is 24.8 Å².